The Labute approximate surface area is 115 Å². The molecule has 0 bridgehead atoms. The van der Waals surface area contributed by atoms with Gasteiger partial charge < -0.3 is 9.94 Å². The van der Waals surface area contributed by atoms with Gasteiger partial charge in [0.25, 0.3) is 0 Å². The van der Waals surface area contributed by atoms with Gasteiger partial charge in [-0.2, -0.15) is 0 Å². The molecule has 1 aliphatic rings. The van der Waals surface area contributed by atoms with E-state index in [9.17, 15) is 0 Å². The fourth-order valence-corrected chi connectivity index (χ4v) is 2.56. The normalized spacial score (nSPS) is 24.2. The summed E-state index contributed by atoms with van der Waals surface area (Å²) in [6, 6.07) is 8.10. The van der Waals surface area contributed by atoms with Crippen LogP contribution in [0.25, 0.3) is 0 Å². The average Bonchev–Trinajstić information content (AvgIpc) is 2.43. The maximum Gasteiger partial charge on any atom is 0.119 e. The van der Waals surface area contributed by atoms with Crippen molar-refractivity contribution in [2.24, 2.45) is 11.1 Å². The zero-order chi connectivity index (χ0) is 13.7. The minimum absolute atomic E-state index is 0.378. The van der Waals surface area contributed by atoms with Crippen LogP contribution in [0.1, 0.15) is 45.1 Å². The molecule has 1 aliphatic carbocycles. The Balaban J connectivity index is 1.88. The third-order valence-electron chi connectivity index (χ3n) is 3.82. The molecule has 1 saturated carbocycles. The summed E-state index contributed by atoms with van der Waals surface area (Å²) in [6.07, 6.45) is 5.93. The van der Waals surface area contributed by atoms with Crippen molar-refractivity contribution in [1.82, 2.24) is 0 Å². The third kappa shape index (κ3) is 4.27. The predicted octanol–water partition coefficient (Wildman–Crippen LogP) is 4.04. The van der Waals surface area contributed by atoms with E-state index in [0.717, 1.165) is 22.9 Å². The minimum atomic E-state index is 0.378. The van der Waals surface area contributed by atoms with Crippen molar-refractivity contribution in [2.45, 2.75) is 52.1 Å². The van der Waals surface area contributed by atoms with Crippen LogP contribution in [-0.2, 0) is 6.42 Å². The van der Waals surface area contributed by atoms with Crippen molar-refractivity contribution in [1.29, 1.82) is 0 Å². The number of rotatable bonds is 4. The maximum absolute atomic E-state index is 8.65. The second-order valence-electron chi connectivity index (χ2n) is 5.66. The van der Waals surface area contributed by atoms with Crippen LogP contribution in [0.4, 0.5) is 0 Å². The first kappa shape index (κ1) is 13.9. The molecule has 1 N–H and O–H groups in total. The zero-order valence-electron chi connectivity index (χ0n) is 11.8. The van der Waals surface area contributed by atoms with Crippen molar-refractivity contribution in [3.05, 3.63) is 29.8 Å². The van der Waals surface area contributed by atoms with Crippen LogP contribution in [-0.4, -0.2) is 17.0 Å². The monoisotopic (exact) mass is 261 g/mol. The largest absolute Gasteiger partial charge is 0.490 e. The molecule has 19 heavy (non-hydrogen) atoms. The molecule has 1 aromatic rings. The molecule has 3 heteroatoms. The molecular formula is C16H23NO2. The molecule has 1 aromatic carbocycles. The van der Waals surface area contributed by atoms with Crippen molar-refractivity contribution in [3.63, 3.8) is 0 Å². The summed E-state index contributed by atoms with van der Waals surface area (Å²) in [4.78, 5) is 0. The van der Waals surface area contributed by atoms with Gasteiger partial charge in [0, 0.05) is 6.42 Å². The minimum Gasteiger partial charge on any atom is -0.490 e. The second kappa shape index (κ2) is 6.60. The van der Waals surface area contributed by atoms with Gasteiger partial charge in [0.05, 0.1) is 11.8 Å². The lowest BCUT2D eigenvalue weighted by molar-refractivity contribution is 0.135. The molecule has 0 aromatic heterocycles. The summed E-state index contributed by atoms with van der Waals surface area (Å²) in [5.41, 5.74) is 1.86. The van der Waals surface area contributed by atoms with Crippen LogP contribution in [0.3, 0.4) is 0 Å². The van der Waals surface area contributed by atoms with Gasteiger partial charge in [0.2, 0.25) is 0 Å². The summed E-state index contributed by atoms with van der Waals surface area (Å²) in [5.74, 6) is 1.80. The molecule has 0 amide bonds. The molecule has 0 heterocycles. The van der Waals surface area contributed by atoms with Crippen molar-refractivity contribution >= 4 is 5.71 Å². The molecule has 2 rings (SSSR count). The Bertz CT molecular complexity index is 417. The highest BCUT2D eigenvalue weighted by atomic mass is 16.5. The number of oxime groups is 1. The van der Waals surface area contributed by atoms with Crippen LogP contribution < -0.4 is 4.74 Å². The lowest BCUT2D eigenvalue weighted by Crippen LogP contribution is -2.22. The highest BCUT2D eigenvalue weighted by molar-refractivity contribution is 5.83. The van der Waals surface area contributed by atoms with Crippen molar-refractivity contribution in [3.8, 4) is 5.75 Å². The molecule has 0 spiro atoms. The van der Waals surface area contributed by atoms with E-state index in [0.29, 0.717) is 12.5 Å². The quantitative estimate of drug-likeness (QED) is 0.505. The molecule has 0 atom stereocenters. The van der Waals surface area contributed by atoms with Gasteiger partial charge in [-0.05, 0) is 56.2 Å². The van der Waals surface area contributed by atoms with Gasteiger partial charge in [-0.3, -0.25) is 0 Å². The lowest BCUT2D eigenvalue weighted by atomic mass is 9.89. The first-order chi connectivity index (χ1) is 9.17. The third-order valence-corrected chi connectivity index (χ3v) is 3.82. The molecule has 0 aliphatic heterocycles. The molecule has 1 fully saturated rings. The van der Waals surface area contributed by atoms with E-state index in [-0.39, 0.29) is 0 Å². The summed E-state index contributed by atoms with van der Waals surface area (Å²) >= 11 is 0. The Morgan fingerprint density at radius 1 is 1.21 bits per heavy atom. The Kier molecular flexibility index (Phi) is 4.83. The molecule has 0 radical (unpaired) electrons. The average molecular weight is 261 g/mol. The summed E-state index contributed by atoms with van der Waals surface area (Å²) in [7, 11) is 0. The first-order valence-electron chi connectivity index (χ1n) is 7.10. The SMILES string of the molecule is C/C(Cc1ccc(OC2CCC(C)CC2)cc1)=N\O. The van der Waals surface area contributed by atoms with Gasteiger partial charge in [0.1, 0.15) is 5.75 Å². The van der Waals surface area contributed by atoms with Crippen molar-refractivity contribution < 1.29 is 9.94 Å². The van der Waals surface area contributed by atoms with Crippen LogP contribution in [0.15, 0.2) is 29.4 Å². The van der Waals surface area contributed by atoms with Gasteiger partial charge in [-0.15, -0.1) is 0 Å². The van der Waals surface area contributed by atoms with E-state index < -0.39 is 0 Å². The van der Waals surface area contributed by atoms with Gasteiger partial charge in [0.15, 0.2) is 0 Å². The molecular weight excluding hydrogens is 238 g/mol. The second-order valence-corrected chi connectivity index (χ2v) is 5.66. The molecule has 0 unspecified atom stereocenters. The maximum atomic E-state index is 8.65. The number of hydrogen-bond acceptors (Lipinski definition) is 3. The van der Waals surface area contributed by atoms with Gasteiger partial charge >= 0.3 is 0 Å². The first-order valence-corrected chi connectivity index (χ1v) is 7.10. The topological polar surface area (TPSA) is 41.8 Å². The molecule has 3 nitrogen and oxygen atoms in total. The fraction of sp³-hybridized carbons (Fsp3) is 0.562. The van der Waals surface area contributed by atoms with E-state index in [4.69, 9.17) is 9.94 Å². The van der Waals surface area contributed by atoms with Crippen LogP contribution in [0.2, 0.25) is 0 Å². The number of benzene rings is 1. The Morgan fingerprint density at radius 3 is 2.42 bits per heavy atom. The summed E-state index contributed by atoms with van der Waals surface area (Å²) in [6.45, 7) is 4.13. The van der Waals surface area contributed by atoms with Crippen LogP contribution in [0, 0.1) is 5.92 Å². The van der Waals surface area contributed by atoms with Gasteiger partial charge in [-0.1, -0.05) is 24.2 Å². The number of hydrogen-bond donors (Lipinski definition) is 1. The molecule has 104 valence electrons. The summed E-state index contributed by atoms with van der Waals surface area (Å²) in [5, 5.41) is 11.8. The zero-order valence-corrected chi connectivity index (χ0v) is 11.8. The van der Waals surface area contributed by atoms with E-state index >= 15 is 0 Å². The lowest BCUT2D eigenvalue weighted by Gasteiger charge is -2.26. The van der Waals surface area contributed by atoms with E-state index in [2.05, 4.69) is 12.1 Å². The summed E-state index contributed by atoms with van der Waals surface area (Å²) < 4.78 is 6.01. The van der Waals surface area contributed by atoms with Crippen molar-refractivity contribution in [2.75, 3.05) is 0 Å². The number of ether oxygens (including phenoxy) is 1. The van der Waals surface area contributed by atoms with Crippen LogP contribution >= 0.6 is 0 Å². The highest BCUT2D eigenvalue weighted by Crippen LogP contribution is 2.27. The van der Waals surface area contributed by atoms with Gasteiger partial charge in [-0.25, -0.2) is 0 Å². The predicted molar refractivity (Wildman–Crippen MR) is 77.1 cm³/mol. The van der Waals surface area contributed by atoms with E-state index in [1.54, 1.807) is 0 Å². The molecule has 0 saturated heterocycles. The van der Waals surface area contributed by atoms with E-state index in [1.807, 2.05) is 31.2 Å². The van der Waals surface area contributed by atoms with E-state index in [1.165, 1.54) is 25.7 Å². The Hall–Kier alpha value is -1.51. The Morgan fingerprint density at radius 2 is 1.84 bits per heavy atom. The highest BCUT2D eigenvalue weighted by Gasteiger charge is 2.19. The fourth-order valence-electron chi connectivity index (χ4n) is 2.56. The smallest absolute Gasteiger partial charge is 0.119 e. The number of nitrogens with zero attached hydrogens (tertiary/aromatic N) is 1. The van der Waals surface area contributed by atoms with Crippen LogP contribution in [0.5, 0.6) is 5.75 Å². The standard InChI is InChI=1S/C16H23NO2/c1-12-3-7-15(8-4-12)19-16-9-5-14(6-10-16)11-13(2)17-18/h5-6,9-10,12,15,18H,3-4,7-8,11H2,1-2H3/b17-13+.